The van der Waals surface area contributed by atoms with E-state index >= 15 is 0 Å². The summed E-state index contributed by atoms with van der Waals surface area (Å²) in [5.41, 5.74) is 3.04. The number of nitrogens with two attached hydrogens (primary N) is 1. The first-order valence-electron chi connectivity index (χ1n) is 6.43. The van der Waals surface area contributed by atoms with Crippen molar-refractivity contribution in [2.24, 2.45) is 5.84 Å². The fourth-order valence-corrected chi connectivity index (χ4v) is 4.56. The van der Waals surface area contributed by atoms with Gasteiger partial charge in [-0.1, -0.05) is 0 Å². The summed E-state index contributed by atoms with van der Waals surface area (Å²) in [5, 5.41) is 0. The van der Waals surface area contributed by atoms with Crippen LogP contribution in [-0.2, 0) is 6.42 Å². The summed E-state index contributed by atoms with van der Waals surface area (Å²) in [4.78, 5) is 6.54. The molecule has 2 unspecified atom stereocenters. The zero-order valence-electron chi connectivity index (χ0n) is 10.3. The average molecular weight is 331 g/mol. The lowest BCUT2D eigenvalue weighted by atomic mass is 9.97. The van der Waals surface area contributed by atoms with E-state index in [1.54, 1.807) is 11.3 Å². The second-order valence-corrected chi connectivity index (χ2v) is 7.63. The highest BCUT2D eigenvalue weighted by molar-refractivity contribution is 9.11. The van der Waals surface area contributed by atoms with Crippen LogP contribution in [0.15, 0.2) is 15.9 Å². The Bertz CT molecular complexity index is 403. The molecular formula is C12H19BrN4S. The van der Waals surface area contributed by atoms with Crippen LogP contribution in [-0.4, -0.2) is 54.6 Å². The Morgan fingerprint density at radius 1 is 1.39 bits per heavy atom. The molecule has 3 N–H and O–H groups in total. The predicted molar refractivity (Wildman–Crippen MR) is 78.6 cm³/mol. The van der Waals surface area contributed by atoms with Crippen molar-refractivity contribution in [1.29, 1.82) is 0 Å². The van der Waals surface area contributed by atoms with Gasteiger partial charge >= 0.3 is 0 Å². The van der Waals surface area contributed by atoms with Gasteiger partial charge in [0.1, 0.15) is 0 Å². The van der Waals surface area contributed by atoms with Crippen molar-refractivity contribution >= 4 is 27.3 Å². The quantitative estimate of drug-likeness (QED) is 0.635. The van der Waals surface area contributed by atoms with Crippen molar-refractivity contribution < 1.29 is 0 Å². The van der Waals surface area contributed by atoms with Crippen LogP contribution in [0.5, 0.6) is 0 Å². The zero-order chi connectivity index (χ0) is 12.5. The van der Waals surface area contributed by atoms with Crippen LogP contribution in [0.3, 0.4) is 0 Å². The van der Waals surface area contributed by atoms with Crippen LogP contribution in [0.25, 0.3) is 0 Å². The third kappa shape index (κ3) is 2.64. The van der Waals surface area contributed by atoms with Crippen LogP contribution in [0.1, 0.15) is 4.88 Å². The molecule has 0 saturated carbocycles. The van der Waals surface area contributed by atoms with Gasteiger partial charge in [-0.3, -0.25) is 21.1 Å². The number of piperazine rings is 3. The molecule has 4 heterocycles. The first-order valence-corrected chi connectivity index (χ1v) is 8.04. The minimum absolute atomic E-state index is 0.346. The fraction of sp³-hybridized carbons (Fsp3) is 0.667. The third-order valence-electron chi connectivity index (χ3n) is 4.05. The Balaban J connectivity index is 1.68. The highest BCUT2D eigenvalue weighted by Crippen LogP contribution is 2.25. The van der Waals surface area contributed by atoms with Gasteiger partial charge in [0.2, 0.25) is 0 Å². The van der Waals surface area contributed by atoms with Crippen molar-refractivity contribution in [1.82, 2.24) is 15.2 Å². The van der Waals surface area contributed by atoms with Crippen molar-refractivity contribution in [2.75, 3.05) is 32.7 Å². The molecule has 4 rings (SSSR count). The Kier molecular flexibility index (Phi) is 4.03. The largest absolute Gasteiger partial charge is 0.299 e. The van der Waals surface area contributed by atoms with Crippen molar-refractivity contribution in [3.05, 3.63) is 20.8 Å². The van der Waals surface area contributed by atoms with Gasteiger partial charge in [0.05, 0.1) is 3.79 Å². The minimum atomic E-state index is 0.346. The molecule has 1 aromatic rings. The highest BCUT2D eigenvalue weighted by atomic mass is 79.9. The molecule has 1 aromatic heterocycles. The van der Waals surface area contributed by atoms with Crippen LogP contribution in [0.2, 0.25) is 0 Å². The van der Waals surface area contributed by atoms with Crippen LogP contribution >= 0.6 is 27.3 Å². The number of fused-ring (bicyclic) bond motifs is 3. The van der Waals surface area contributed by atoms with E-state index in [0.717, 1.165) is 13.0 Å². The molecular weight excluding hydrogens is 312 g/mol. The number of rotatable bonds is 4. The van der Waals surface area contributed by atoms with Gasteiger partial charge in [0.25, 0.3) is 0 Å². The molecule has 0 aromatic carbocycles. The molecule has 2 atom stereocenters. The highest BCUT2D eigenvalue weighted by Gasteiger charge is 2.36. The number of halogens is 1. The second kappa shape index (κ2) is 5.56. The second-order valence-electron chi connectivity index (χ2n) is 5.09. The Morgan fingerprint density at radius 2 is 2.17 bits per heavy atom. The van der Waals surface area contributed by atoms with Gasteiger partial charge in [-0.15, -0.1) is 11.3 Å². The lowest BCUT2D eigenvalue weighted by molar-refractivity contribution is -0.00303. The van der Waals surface area contributed by atoms with Gasteiger partial charge in [0.15, 0.2) is 0 Å². The number of nitrogens with zero attached hydrogens (tertiary/aromatic N) is 2. The molecule has 0 aliphatic carbocycles. The molecule has 6 heteroatoms. The molecule has 3 aliphatic rings. The number of hydrogen-bond acceptors (Lipinski definition) is 5. The lowest BCUT2D eigenvalue weighted by Gasteiger charge is -2.50. The molecule has 3 fully saturated rings. The van der Waals surface area contributed by atoms with Crippen LogP contribution in [0, 0.1) is 0 Å². The first kappa shape index (κ1) is 13.0. The van der Waals surface area contributed by atoms with Crippen LogP contribution < -0.4 is 11.3 Å². The van der Waals surface area contributed by atoms with E-state index in [0.29, 0.717) is 12.1 Å². The summed E-state index contributed by atoms with van der Waals surface area (Å²) in [6, 6.07) is 5.21. The molecule has 0 radical (unpaired) electrons. The van der Waals surface area contributed by atoms with Gasteiger partial charge in [-0.2, -0.15) is 0 Å². The van der Waals surface area contributed by atoms with Gasteiger partial charge in [0, 0.05) is 56.1 Å². The van der Waals surface area contributed by atoms with Gasteiger partial charge in [-0.05, 0) is 28.1 Å². The standard InChI is InChI=1S/C12H19BrN4S/c13-12-2-1-9(18-12)7-10(15-14)11-8-16-3-5-17(11)6-4-16/h1-2,10-11,15H,3-8,14H2. The fourth-order valence-electron chi connectivity index (χ4n) is 3.02. The Morgan fingerprint density at radius 3 is 2.67 bits per heavy atom. The molecule has 4 nitrogen and oxygen atoms in total. The van der Waals surface area contributed by atoms with Crippen molar-refractivity contribution in [3.63, 3.8) is 0 Å². The van der Waals surface area contributed by atoms with Gasteiger partial charge < -0.3 is 0 Å². The lowest BCUT2D eigenvalue weighted by Crippen LogP contribution is -2.67. The van der Waals surface area contributed by atoms with Crippen LogP contribution in [0.4, 0.5) is 0 Å². The minimum Gasteiger partial charge on any atom is -0.299 e. The predicted octanol–water partition coefficient (Wildman–Crippen LogP) is 0.885. The number of nitrogens with one attached hydrogen (secondary N) is 1. The van der Waals surface area contributed by atoms with E-state index in [1.807, 2.05) is 0 Å². The maximum Gasteiger partial charge on any atom is 0.0701 e. The molecule has 2 bridgehead atoms. The summed E-state index contributed by atoms with van der Waals surface area (Å²) in [5.74, 6) is 5.79. The Labute approximate surface area is 120 Å². The normalized spacial score (nSPS) is 32.7. The van der Waals surface area contributed by atoms with Gasteiger partial charge in [-0.25, -0.2) is 0 Å². The maximum atomic E-state index is 5.79. The van der Waals surface area contributed by atoms with E-state index in [4.69, 9.17) is 5.84 Å². The maximum absolute atomic E-state index is 5.79. The summed E-state index contributed by atoms with van der Waals surface area (Å²) in [7, 11) is 0. The summed E-state index contributed by atoms with van der Waals surface area (Å²) >= 11 is 5.33. The Hall–Kier alpha value is 0.0200. The molecule has 0 spiro atoms. The summed E-state index contributed by atoms with van der Waals surface area (Å²) in [6.45, 7) is 5.98. The van der Waals surface area contributed by atoms with E-state index in [1.165, 1.54) is 34.8 Å². The van der Waals surface area contributed by atoms with Crippen molar-refractivity contribution in [2.45, 2.75) is 18.5 Å². The topological polar surface area (TPSA) is 44.5 Å². The summed E-state index contributed by atoms with van der Waals surface area (Å²) in [6.07, 6.45) is 1.02. The number of hydrazine groups is 1. The third-order valence-corrected chi connectivity index (χ3v) is 5.70. The molecule has 0 amide bonds. The summed E-state index contributed by atoms with van der Waals surface area (Å²) < 4.78 is 1.20. The SMILES string of the molecule is NNC(Cc1ccc(Br)s1)C1CN2CCN1CC2. The molecule has 18 heavy (non-hydrogen) atoms. The van der Waals surface area contributed by atoms with E-state index in [9.17, 15) is 0 Å². The van der Waals surface area contributed by atoms with E-state index < -0.39 is 0 Å². The smallest absolute Gasteiger partial charge is 0.0701 e. The first-order chi connectivity index (χ1) is 8.76. The molecule has 3 aliphatic heterocycles. The average Bonchev–Trinajstić information content (AvgIpc) is 2.83. The number of hydrogen-bond donors (Lipinski definition) is 2. The molecule has 100 valence electrons. The monoisotopic (exact) mass is 330 g/mol. The zero-order valence-corrected chi connectivity index (χ0v) is 12.7. The number of thiophene rings is 1. The van der Waals surface area contributed by atoms with Crippen molar-refractivity contribution in [3.8, 4) is 0 Å². The van der Waals surface area contributed by atoms with E-state index in [-0.39, 0.29) is 0 Å². The van der Waals surface area contributed by atoms with E-state index in [2.05, 4.69) is 43.3 Å². The molecule has 3 saturated heterocycles.